The molecule has 0 spiro atoms. The second-order valence-corrected chi connectivity index (χ2v) is 5.21. The summed E-state index contributed by atoms with van der Waals surface area (Å²) in [6.45, 7) is 4.80. The van der Waals surface area contributed by atoms with Crippen LogP contribution in [0, 0.1) is 5.92 Å². The van der Waals surface area contributed by atoms with Crippen molar-refractivity contribution in [3.63, 3.8) is 0 Å². The van der Waals surface area contributed by atoms with E-state index in [2.05, 4.69) is 4.90 Å². The van der Waals surface area contributed by atoms with Crippen LogP contribution >= 0.6 is 0 Å². The van der Waals surface area contributed by atoms with Gasteiger partial charge in [-0.25, -0.2) is 0 Å². The third kappa shape index (κ3) is 3.44. The first-order valence-electron chi connectivity index (χ1n) is 6.83. The second kappa shape index (κ2) is 6.58. The number of likely N-dealkylation sites (tertiary alicyclic amines) is 1. The van der Waals surface area contributed by atoms with E-state index in [0.29, 0.717) is 6.61 Å². The fourth-order valence-electron chi connectivity index (χ4n) is 3.05. The number of hydrogen-bond acceptors (Lipinski definition) is 3. The molecule has 2 aliphatic rings. The van der Waals surface area contributed by atoms with E-state index >= 15 is 0 Å². The van der Waals surface area contributed by atoms with Crippen LogP contribution in [0.3, 0.4) is 0 Å². The van der Waals surface area contributed by atoms with Gasteiger partial charge in [0.15, 0.2) is 0 Å². The van der Waals surface area contributed by atoms with E-state index in [-0.39, 0.29) is 0 Å². The normalized spacial score (nSPS) is 28.7. The number of hydrogen-bond donors (Lipinski definition) is 1. The van der Waals surface area contributed by atoms with E-state index in [1.54, 1.807) is 0 Å². The minimum Gasteiger partial charge on any atom is -0.396 e. The van der Waals surface area contributed by atoms with Crippen LogP contribution in [0.1, 0.15) is 38.5 Å². The molecule has 0 aromatic heterocycles. The molecule has 94 valence electrons. The number of nitrogens with zero attached hydrogens (tertiary/aromatic N) is 1. The molecular formula is C13H25NO2. The highest BCUT2D eigenvalue weighted by Gasteiger charge is 2.26. The molecule has 1 N–H and O–H groups in total. The van der Waals surface area contributed by atoms with Crippen molar-refractivity contribution in [2.24, 2.45) is 5.92 Å². The largest absolute Gasteiger partial charge is 0.396 e. The number of rotatable bonds is 5. The Morgan fingerprint density at radius 1 is 1.19 bits per heavy atom. The van der Waals surface area contributed by atoms with Gasteiger partial charge in [0, 0.05) is 32.4 Å². The Bertz CT molecular complexity index is 192. The molecule has 0 bridgehead atoms. The Morgan fingerprint density at radius 2 is 2.00 bits per heavy atom. The van der Waals surface area contributed by atoms with Crippen molar-refractivity contribution in [1.29, 1.82) is 0 Å². The lowest BCUT2D eigenvalue weighted by molar-refractivity contribution is 0.0498. The molecule has 1 unspecified atom stereocenters. The fourth-order valence-corrected chi connectivity index (χ4v) is 3.05. The van der Waals surface area contributed by atoms with E-state index in [1.165, 1.54) is 45.2 Å². The molecule has 0 radical (unpaired) electrons. The maximum Gasteiger partial charge on any atom is 0.0469 e. The van der Waals surface area contributed by atoms with Crippen molar-refractivity contribution in [1.82, 2.24) is 4.90 Å². The van der Waals surface area contributed by atoms with Gasteiger partial charge < -0.3 is 14.7 Å². The van der Waals surface area contributed by atoms with E-state index in [4.69, 9.17) is 9.84 Å². The van der Waals surface area contributed by atoms with Crippen molar-refractivity contribution in [2.75, 3.05) is 32.9 Å². The van der Waals surface area contributed by atoms with Gasteiger partial charge in [0.1, 0.15) is 0 Å². The van der Waals surface area contributed by atoms with Gasteiger partial charge >= 0.3 is 0 Å². The van der Waals surface area contributed by atoms with E-state index in [0.717, 1.165) is 31.6 Å². The van der Waals surface area contributed by atoms with E-state index < -0.39 is 0 Å². The first kappa shape index (κ1) is 12.3. The summed E-state index contributed by atoms with van der Waals surface area (Å²) in [5.74, 6) is 0.850. The minimum absolute atomic E-state index is 0.349. The highest BCUT2D eigenvalue weighted by molar-refractivity contribution is 4.81. The van der Waals surface area contributed by atoms with Crippen molar-refractivity contribution in [3.8, 4) is 0 Å². The van der Waals surface area contributed by atoms with Crippen LogP contribution in [-0.4, -0.2) is 49.0 Å². The highest BCUT2D eigenvalue weighted by atomic mass is 16.5. The van der Waals surface area contributed by atoms with Gasteiger partial charge in [0.05, 0.1) is 0 Å². The maximum absolute atomic E-state index is 8.90. The summed E-state index contributed by atoms with van der Waals surface area (Å²) < 4.78 is 5.40. The summed E-state index contributed by atoms with van der Waals surface area (Å²) in [6.07, 6.45) is 7.31. The lowest BCUT2D eigenvalue weighted by Gasteiger charge is -2.30. The smallest absolute Gasteiger partial charge is 0.0469 e. The van der Waals surface area contributed by atoms with Crippen molar-refractivity contribution in [2.45, 2.75) is 44.6 Å². The predicted molar refractivity (Wildman–Crippen MR) is 64.5 cm³/mol. The Morgan fingerprint density at radius 3 is 2.75 bits per heavy atom. The molecule has 0 aromatic carbocycles. The summed E-state index contributed by atoms with van der Waals surface area (Å²) >= 11 is 0. The van der Waals surface area contributed by atoms with Gasteiger partial charge in [0.2, 0.25) is 0 Å². The fraction of sp³-hybridized carbons (Fsp3) is 1.00. The molecule has 3 nitrogen and oxygen atoms in total. The molecule has 2 saturated heterocycles. The number of aliphatic hydroxyl groups is 1. The lowest BCUT2D eigenvalue weighted by Crippen LogP contribution is -2.36. The van der Waals surface area contributed by atoms with Crippen LogP contribution in [0.5, 0.6) is 0 Å². The van der Waals surface area contributed by atoms with Crippen LogP contribution in [0.25, 0.3) is 0 Å². The number of ether oxygens (including phenoxy) is 1. The maximum atomic E-state index is 8.90. The Kier molecular flexibility index (Phi) is 5.07. The predicted octanol–water partition coefficient (Wildman–Crippen LogP) is 1.65. The summed E-state index contributed by atoms with van der Waals surface area (Å²) in [5.41, 5.74) is 0. The van der Waals surface area contributed by atoms with Crippen molar-refractivity contribution in [3.05, 3.63) is 0 Å². The van der Waals surface area contributed by atoms with Crippen molar-refractivity contribution < 1.29 is 9.84 Å². The summed E-state index contributed by atoms with van der Waals surface area (Å²) in [6, 6.07) is 0.745. The topological polar surface area (TPSA) is 32.7 Å². The average Bonchev–Trinajstić information content (AvgIpc) is 2.75. The van der Waals surface area contributed by atoms with Crippen LogP contribution in [-0.2, 0) is 4.74 Å². The molecule has 2 rings (SSSR count). The van der Waals surface area contributed by atoms with E-state index in [1.807, 2.05) is 0 Å². The molecular weight excluding hydrogens is 202 g/mol. The zero-order valence-corrected chi connectivity index (χ0v) is 10.2. The van der Waals surface area contributed by atoms with Gasteiger partial charge in [-0.05, 0) is 51.0 Å². The molecule has 2 fully saturated rings. The van der Waals surface area contributed by atoms with Crippen LogP contribution in [0.2, 0.25) is 0 Å². The summed E-state index contributed by atoms with van der Waals surface area (Å²) in [5, 5.41) is 8.90. The van der Waals surface area contributed by atoms with Gasteiger partial charge in [-0.2, -0.15) is 0 Å². The van der Waals surface area contributed by atoms with Gasteiger partial charge in [-0.15, -0.1) is 0 Å². The Balaban J connectivity index is 1.73. The average molecular weight is 227 g/mol. The Hall–Kier alpha value is -0.120. The molecule has 1 atom stereocenters. The summed E-state index contributed by atoms with van der Waals surface area (Å²) in [7, 11) is 0. The monoisotopic (exact) mass is 227 g/mol. The van der Waals surface area contributed by atoms with Crippen LogP contribution in [0.15, 0.2) is 0 Å². The third-order valence-electron chi connectivity index (χ3n) is 4.03. The van der Waals surface area contributed by atoms with E-state index in [9.17, 15) is 0 Å². The quantitative estimate of drug-likeness (QED) is 0.775. The SMILES string of the molecule is OCCCC1CCCN1CC1CCOCC1. The third-order valence-corrected chi connectivity index (χ3v) is 4.03. The lowest BCUT2D eigenvalue weighted by atomic mass is 9.99. The number of aliphatic hydroxyl groups excluding tert-OH is 1. The molecule has 3 heteroatoms. The van der Waals surface area contributed by atoms with Gasteiger partial charge in [-0.1, -0.05) is 0 Å². The van der Waals surface area contributed by atoms with Crippen molar-refractivity contribution >= 4 is 0 Å². The highest BCUT2D eigenvalue weighted by Crippen LogP contribution is 2.25. The molecule has 16 heavy (non-hydrogen) atoms. The van der Waals surface area contributed by atoms with Crippen LogP contribution in [0.4, 0.5) is 0 Å². The molecule has 2 aliphatic heterocycles. The van der Waals surface area contributed by atoms with Gasteiger partial charge in [0.25, 0.3) is 0 Å². The second-order valence-electron chi connectivity index (χ2n) is 5.21. The molecule has 0 aliphatic carbocycles. The Labute approximate surface area is 98.8 Å². The zero-order valence-electron chi connectivity index (χ0n) is 10.2. The first-order valence-corrected chi connectivity index (χ1v) is 6.83. The molecule has 0 aromatic rings. The van der Waals surface area contributed by atoms with Crippen LogP contribution < -0.4 is 0 Å². The molecule has 2 heterocycles. The summed E-state index contributed by atoms with van der Waals surface area (Å²) in [4.78, 5) is 2.66. The standard InChI is InChI=1S/C13H25NO2/c15-8-2-4-13-3-1-7-14(13)11-12-5-9-16-10-6-12/h12-13,15H,1-11H2. The minimum atomic E-state index is 0.349. The zero-order chi connectivity index (χ0) is 11.2. The molecule has 0 amide bonds. The molecule has 0 saturated carbocycles. The first-order chi connectivity index (χ1) is 7.90. The van der Waals surface area contributed by atoms with Gasteiger partial charge in [-0.3, -0.25) is 0 Å².